The van der Waals surface area contributed by atoms with Gasteiger partial charge in [-0.15, -0.1) is 0 Å². The molecule has 1 heterocycles. The number of esters is 1. The first-order valence-corrected chi connectivity index (χ1v) is 10.6. The third-order valence-electron chi connectivity index (χ3n) is 5.53. The number of amides is 1. The highest BCUT2D eigenvalue weighted by atomic mass is 16.5. The van der Waals surface area contributed by atoms with E-state index in [0.717, 1.165) is 23.4 Å². The third-order valence-corrected chi connectivity index (χ3v) is 5.53. The third kappa shape index (κ3) is 5.20. The maximum Gasteiger partial charge on any atom is 0.314 e. The summed E-state index contributed by atoms with van der Waals surface area (Å²) in [6.07, 6.45) is 0.831. The van der Waals surface area contributed by atoms with Crippen LogP contribution in [0.15, 0.2) is 60.7 Å². The van der Waals surface area contributed by atoms with Crippen LogP contribution in [0.4, 0.5) is 5.69 Å². The second-order valence-corrected chi connectivity index (χ2v) is 7.72. The minimum Gasteiger partial charge on any atom is -0.455 e. The standard InChI is InChI=1S/C25H29N3O3/c1-5-17(2)23(20-12-8-6-9-13-20)25(30)31-16-22(29)26-24-18(3)27-28(19(24)4)21-14-10-7-11-15-21/h6-15,17,23H,5,16H2,1-4H3,(H,26,29)/t17-,23+/m1/s1. The van der Waals surface area contributed by atoms with E-state index in [0.29, 0.717) is 11.4 Å². The first-order valence-electron chi connectivity index (χ1n) is 10.6. The Morgan fingerprint density at radius 2 is 1.65 bits per heavy atom. The number of hydrogen-bond donors (Lipinski definition) is 1. The fraction of sp³-hybridized carbons (Fsp3) is 0.320. The number of aryl methyl sites for hydroxylation is 1. The molecular weight excluding hydrogens is 390 g/mol. The molecule has 0 fully saturated rings. The fourth-order valence-electron chi connectivity index (χ4n) is 3.64. The van der Waals surface area contributed by atoms with Gasteiger partial charge in [0, 0.05) is 0 Å². The molecule has 1 N–H and O–H groups in total. The number of benzene rings is 2. The highest BCUT2D eigenvalue weighted by Gasteiger charge is 2.28. The Morgan fingerprint density at radius 3 is 2.26 bits per heavy atom. The van der Waals surface area contributed by atoms with E-state index in [2.05, 4.69) is 10.4 Å². The zero-order valence-corrected chi connectivity index (χ0v) is 18.5. The fourth-order valence-corrected chi connectivity index (χ4v) is 3.64. The summed E-state index contributed by atoms with van der Waals surface area (Å²) in [5.74, 6) is -1.07. The lowest BCUT2D eigenvalue weighted by molar-refractivity contribution is -0.150. The molecule has 0 saturated carbocycles. The van der Waals surface area contributed by atoms with Crippen molar-refractivity contribution in [3.63, 3.8) is 0 Å². The van der Waals surface area contributed by atoms with E-state index in [9.17, 15) is 9.59 Å². The molecule has 0 unspecified atom stereocenters. The first kappa shape index (κ1) is 22.3. The molecule has 1 amide bonds. The van der Waals surface area contributed by atoms with E-state index in [1.807, 2.05) is 88.4 Å². The van der Waals surface area contributed by atoms with Crippen molar-refractivity contribution in [1.29, 1.82) is 0 Å². The summed E-state index contributed by atoms with van der Waals surface area (Å²) in [4.78, 5) is 25.3. The number of para-hydroxylation sites is 1. The van der Waals surface area contributed by atoms with Gasteiger partial charge in [0.1, 0.15) is 0 Å². The first-order chi connectivity index (χ1) is 14.9. The topological polar surface area (TPSA) is 73.2 Å². The van der Waals surface area contributed by atoms with Crippen molar-refractivity contribution in [2.24, 2.45) is 5.92 Å². The number of rotatable bonds is 8. The lowest BCUT2D eigenvalue weighted by Gasteiger charge is -2.21. The molecule has 0 radical (unpaired) electrons. The average molecular weight is 420 g/mol. The molecule has 0 aliphatic rings. The van der Waals surface area contributed by atoms with Crippen LogP contribution in [-0.4, -0.2) is 28.3 Å². The van der Waals surface area contributed by atoms with E-state index >= 15 is 0 Å². The molecule has 6 nitrogen and oxygen atoms in total. The van der Waals surface area contributed by atoms with E-state index < -0.39 is 5.92 Å². The SMILES string of the molecule is CC[C@@H](C)[C@H](C(=O)OCC(=O)Nc1c(C)nn(-c2ccccc2)c1C)c1ccccc1. The van der Waals surface area contributed by atoms with Gasteiger partial charge < -0.3 is 10.1 Å². The second-order valence-electron chi connectivity index (χ2n) is 7.72. The normalized spacial score (nSPS) is 12.8. The number of hydrogen-bond acceptors (Lipinski definition) is 4. The van der Waals surface area contributed by atoms with Gasteiger partial charge in [-0.25, -0.2) is 4.68 Å². The summed E-state index contributed by atoms with van der Waals surface area (Å²) in [7, 11) is 0. The molecule has 0 saturated heterocycles. The second kappa shape index (κ2) is 10.1. The van der Waals surface area contributed by atoms with Crippen LogP contribution >= 0.6 is 0 Å². The van der Waals surface area contributed by atoms with Crippen molar-refractivity contribution in [1.82, 2.24) is 9.78 Å². The van der Waals surface area contributed by atoms with E-state index in [-0.39, 0.29) is 24.4 Å². The van der Waals surface area contributed by atoms with Gasteiger partial charge >= 0.3 is 5.97 Å². The van der Waals surface area contributed by atoms with Crippen molar-refractivity contribution in [3.8, 4) is 5.69 Å². The van der Waals surface area contributed by atoms with Gasteiger partial charge in [0.2, 0.25) is 0 Å². The van der Waals surface area contributed by atoms with Crippen LogP contribution < -0.4 is 5.32 Å². The van der Waals surface area contributed by atoms with Gasteiger partial charge in [-0.1, -0.05) is 68.8 Å². The Kier molecular flexibility index (Phi) is 7.23. The van der Waals surface area contributed by atoms with Gasteiger partial charge in [-0.3, -0.25) is 9.59 Å². The van der Waals surface area contributed by atoms with Crippen LogP contribution in [0.5, 0.6) is 0 Å². The molecule has 0 aliphatic heterocycles. The Morgan fingerprint density at radius 1 is 1.03 bits per heavy atom. The van der Waals surface area contributed by atoms with Crippen LogP contribution in [0, 0.1) is 19.8 Å². The Hall–Kier alpha value is -3.41. The molecule has 0 aliphatic carbocycles. The van der Waals surface area contributed by atoms with E-state index in [1.54, 1.807) is 4.68 Å². The molecule has 2 atom stereocenters. The summed E-state index contributed by atoms with van der Waals surface area (Å²) in [5, 5.41) is 7.37. The molecule has 6 heteroatoms. The van der Waals surface area contributed by atoms with Crippen molar-refractivity contribution in [3.05, 3.63) is 77.6 Å². The van der Waals surface area contributed by atoms with Crippen molar-refractivity contribution >= 4 is 17.6 Å². The lowest BCUT2D eigenvalue weighted by atomic mass is 9.86. The number of carbonyl (C=O) groups is 2. The van der Waals surface area contributed by atoms with E-state index in [1.165, 1.54) is 0 Å². The monoisotopic (exact) mass is 419 g/mol. The number of ether oxygens (including phenoxy) is 1. The Bertz CT molecular complexity index is 1030. The molecule has 3 rings (SSSR count). The summed E-state index contributed by atoms with van der Waals surface area (Å²) in [6.45, 7) is 7.44. The highest BCUT2D eigenvalue weighted by Crippen LogP contribution is 2.28. The zero-order valence-electron chi connectivity index (χ0n) is 18.5. The van der Waals surface area contributed by atoms with Crippen LogP contribution in [0.3, 0.4) is 0 Å². The minimum absolute atomic E-state index is 0.103. The number of nitrogens with zero attached hydrogens (tertiary/aromatic N) is 2. The zero-order chi connectivity index (χ0) is 22.4. The van der Waals surface area contributed by atoms with Crippen LogP contribution in [-0.2, 0) is 14.3 Å². The summed E-state index contributed by atoms with van der Waals surface area (Å²) < 4.78 is 7.19. The summed E-state index contributed by atoms with van der Waals surface area (Å²) in [5.41, 5.74) is 3.95. The van der Waals surface area contributed by atoms with Gasteiger partial charge in [-0.05, 0) is 37.5 Å². The summed E-state index contributed by atoms with van der Waals surface area (Å²) in [6, 6.07) is 19.3. The molecule has 2 aromatic carbocycles. The van der Waals surface area contributed by atoms with Crippen molar-refractivity contribution in [2.45, 2.75) is 40.0 Å². The molecule has 31 heavy (non-hydrogen) atoms. The van der Waals surface area contributed by atoms with Gasteiger partial charge in [-0.2, -0.15) is 5.10 Å². The van der Waals surface area contributed by atoms with Gasteiger partial charge in [0.05, 0.1) is 28.7 Å². The largest absolute Gasteiger partial charge is 0.455 e. The Labute approximate surface area is 183 Å². The minimum atomic E-state index is -0.400. The molecule has 0 spiro atoms. The molecule has 3 aromatic rings. The van der Waals surface area contributed by atoms with Crippen LogP contribution in [0.1, 0.15) is 43.1 Å². The number of aromatic nitrogens is 2. The molecule has 1 aromatic heterocycles. The molecular formula is C25H29N3O3. The van der Waals surface area contributed by atoms with E-state index in [4.69, 9.17) is 4.74 Å². The Balaban J connectivity index is 1.67. The number of anilines is 1. The molecule has 0 bridgehead atoms. The smallest absolute Gasteiger partial charge is 0.314 e. The quantitative estimate of drug-likeness (QED) is 0.532. The van der Waals surface area contributed by atoms with Crippen molar-refractivity contribution < 1.29 is 14.3 Å². The lowest BCUT2D eigenvalue weighted by Crippen LogP contribution is -2.27. The maximum absolute atomic E-state index is 12.8. The predicted octanol–water partition coefficient (Wildman–Crippen LogP) is 4.80. The highest BCUT2D eigenvalue weighted by molar-refractivity contribution is 5.94. The van der Waals surface area contributed by atoms with Gasteiger partial charge in [0.25, 0.3) is 5.91 Å². The average Bonchev–Trinajstić information content (AvgIpc) is 3.07. The maximum atomic E-state index is 12.8. The van der Waals surface area contributed by atoms with Crippen molar-refractivity contribution in [2.75, 3.05) is 11.9 Å². The summed E-state index contributed by atoms with van der Waals surface area (Å²) >= 11 is 0. The number of carbonyl (C=O) groups excluding carboxylic acids is 2. The number of nitrogens with one attached hydrogen (secondary N) is 1. The van der Waals surface area contributed by atoms with Gasteiger partial charge in [0.15, 0.2) is 6.61 Å². The van der Waals surface area contributed by atoms with Crippen LogP contribution in [0.25, 0.3) is 5.69 Å². The predicted molar refractivity (Wildman–Crippen MR) is 121 cm³/mol. The molecule has 162 valence electrons. The van der Waals surface area contributed by atoms with Crippen LogP contribution in [0.2, 0.25) is 0 Å².